The molecule has 0 unspecified atom stereocenters. The zero-order valence-corrected chi connectivity index (χ0v) is 20.8. The van der Waals surface area contributed by atoms with Crippen LogP contribution in [0.3, 0.4) is 0 Å². The molecule has 0 atom stereocenters. The summed E-state index contributed by atoms with van der Waals surface area (Å²) in [5, 5.41) is 10.2. The van der Waals surface area contributed by atoms with E-state index >= 15 is 0 Å². The number of nitrogens with zero attached hydrogens (tertiary/aromatic N) is 6. The van der Waals surface area contributed by atoms with Crippen LogP contribution in [0.4, 0.5) is 5.95 Å². The molecule has 0 aliphatic carbocycles. The highest BCUT2D eigenvalue weighted by atomic mass is 16.7. The Labute approximate surface area is 219 Å². The monoisotopic (exact) mass is 506 g/mol. The first-order chi connectivity index (χ1) is 18.7. The molecule has 190 valence electrons. The molecule has 0 saturated carbocycles. The van der Waals surface area contributed by atoms with Crippen LogP contribution in [0.2, 0.25) is 0 Å². The van der Waals surface area contributed by atoms with Crippen molar-refractivity contribution >= 4 is 28.4 Å². The lowest BCUT2D eigenvalue weighted by molar-refractivity contribution is 0.0766. The molecule has 2 aliphatic rings. The largest absolute Gasteiger partial charge is 0.454 e. The Hall–Kier alpha value is -4.66. The van der Waals surface area contributed by atoms with Gasteiger partial charge in [-0.05, 0) is 42.3 Å². The van der Waals surface area contributed by atoms with Gasteiger partial charge in [0.1, 0.15) is 5.82 Å². The van der Waals surface area contributed by atoms with Crippen LogP contribution < -0.4 is 14.4 Å². The maximum atomic E-state index is 13.4. The summed E-state index contributed by atoms with van der Waals surface area (Å²) in [5.41, 5.74) is 3.45. The molecule has 5 aromatic rings. The molecule has 0 bridgehead atoms. The number of rotatable bonds is 4. The van der Waals surface area contributed by atoms with Crippen molar-refractivity contribution in [2.45, 2.75) is 12.8 Å². The summed E-state index contributed by atoms with van der Waals surface area (Å²) in [6.45, 7) is 2.86. The van der Waals surface area contributed by atoms with E-state index in [1.807, 2.05) is 47.4 Å². The van der Waals surface area contributed by atoms with Crippen LogP contribution in [-0.4, -0.2) is 63.4 Å². The Bertz CT molecular complexity index is 1650. The van der Waals surface area contributed by atoms with Crippen LogP contribution in [0.25, 0.3) is 16.6 Å². The van der Waals surface area contributed by atoms with E-state index < -0.39 is 0 Å². The predicted octanol–water partition coefficient (Wildman–Crippen LogP) is 3.95. The second kappa shape index (κ2) is 9.33. The average molecular weight is 507 g/mol. The van der Waals surface area contributed by atoms with Gasteiger partial charge in [0, 0.05) is 43.5 Å². The number of hydrogen-bond acceptors (Lipinski definition) is 7. The van der Waals surface area contributed by atoms with E-state index in [4.69, 9.17) is 14.5 Å². The second-order valence-corrected chi connectivity index (χ2v) is 9.57. The van der Waals surface area contributed by atoms with Gasteiger partial charge in [0.15, 0.2) is 17.1 Å². The number of aromatic nitrogens is 4. The molecule has 9 heteroatoms. The van der Waals surface area contributed by atoms with E-state index in [1.165, 1.54) is 0 Å². The first-order valence-electron chi connectivity index (χ1n) is 12.9. The third-order valence-corrected chi connectivity index (χ3v) is 7.19. The van der Waals surface area contributed by atoms with Crippen LogP contribution in [0.5, 0.6) is 11.5 Å². The molecule has 0 spiro atoms. The maximum Gasteiger partial charge on any atom is 0.254 e. The summed E-state index contributed by atoms with van der Waals surface area (Å²) in [4.78, 5) is 22.6. The van der Waals surface area contributed by atoms with Crippen molar-refractivity contribution in [1.82, 2.24) is 24.5 Å². The summed E-state index contributed by atoms with van der Waals surface area (Å²) < 4.78 is 13.0. The Morgan fingerprint density at radius 3 is 2.61 bits per heavy atom. The minimum Gasteiger partial charge on any atom is -0.454 e. The molecule has 2 aromatic heterocycles. The van der Waals surface area contributed by atoms with Gasteiger partial charge in [0.05, 0.1) is 5.52 Å². The van der Waals surface area contributed by atoms with Gasteiger partial charge in [-0.15, -0.1) is 10.2 Å². The zero-order chi connectivity index (χ0) is 25.5. The van der Waals surface area contributed by atoms with Gasteiger partial charge < -0.3 is 19.3 Å². The van der Waals surface area contributed by atoms with Crippen molar-refractivity contribution in [3.63, 3.8) is 0 Å². The number of fused-ring (bicyclic) bond motifs is 4. The lowest BCUT2D eigenvalue weighted by Gasteiger charge is -2.24. The molecular weight excluding hydrogens is 480 g/mol. The van der Waals surface area contributed by atoms with Gasteiger partial charge in [-0.2, -0.15) is 0 Å². The number of para-hydroxylation sites is 1. The van der Waals surface area contributed by atoms with Crippen LogP contribution in [-0.2, 0) is 6.42 Å². The minimum absolute atomic E-state index is 0.00386. The Morgan fingerprint density at radius 1 is 0.842 bits per heavy atom. The standard InChI is InChI=1S/C29H26N6O3/c36-28(21-11-12-24-25(18-21)38-19-37-24)33-13-6-14-34(16-15-33)29-30-23-10-5-4-9-22(23)27-32-31-26(35(27)29)17-20-7-2-1-3-8-20/h1-5,7-12,18H,6,13-17,19H2. The predicted molar refractivity (Wildman–Crippen MR) is 143 cm³/mol. The summed E-state index contributed by atoms with van der Waals surface area (Å²) in [6, 6.07) is 23.7. The fourth-order valence-corrected chi connectivity index (χ4v) is 5.26. The van der Waals surface area contributed by atoms with Gasteiger partial charge >= 0.3 is 0 Å². The van der Waals surface area contributed by atoms with E-state index in [0.29, 0.717) is 43.1 Å². The number of amides is 1. The number of hydrogen-bond donors (Lipinski definition) is 0. The highest BCUT2D eigenvalue weighted by molar-refractivity contribution is 5.95. The van der Waals surface area contributed by atoms with Crippen molar-refractivity contribution in [1.29, 1.82) is 0 Å². The molecule has 1 saturated heterocycles. The molecule has 38 heavy (non-hydrogen) atoms. The highest BCUT2D eigenvalue weighted by Crippen LogP contribution is 2.33. The zero-order valence-electron chi connectivity index (χ0n) is 20.8. The highest BCUT2D eigenvalue weighted by Gasteiger charge is 2.26. The van der Waals surface area contributed by atoms with Crippen molar-refractivity contribution in [2.75, 3.05) is 37.9 Å². The SMILES string of the molecule is O=C(c1ccc2c(c1)OCO2)N1CCCN(c2nc3ccccc3c3nnc(Cc4ccccc4)n23)CC1. The quantitative estimate of drug-likeness (QED) is 0.365. The third-order valence-electron chi connectivity index (χ3n) is 7.19. The van der Waals surface area contributed by atoms with Crippen molar-refractivity contribution in [2.24, 2.45) is 0 Å². The lowest BCUT2D eigenvalue weighted by atomic mass is 10.1. The molecule has 0 radical (unpaired) electrons. The molecule has 2 aliphatic heterocycles. The summed E-state index contributed by atoms with van der Waals surface area (Å²) >= 11 is 0. The van der Waals surface area contributed by atoms with Gasteiger partial charge in [0.2, 0.25) is 12.7 Å². The normalized spacial score (nSPS) is 15.3. The molecule has 4 heterocycles. The lowest BCUT2D eigenvalue weighted by Crippen LogP contribution is -2.36. The Morgan fingerprint density at radius 2 is 1.68 bits per heavy atom. The van der Waals surface area contributed by atoms with E-state index in [-0.39, 0.29) is 12.7 Å². The number of carbonyl (C=O) groups excluding carboxylic acids is 1. The van der Waals surface area contributed by atoms with E-state index in [9.17, 15) is 4.79 Å². The molecule has 9 nitrogen and oxygen atoms in total. The average Bonchev–Trinajstić information content (AvgIpc) is 3.53. The smallest absolute Gasteiger partial charge is 0.254 e. The number of carbonyl (C=O) groups is 1. The summed E-state index contributed by atoms with van der Waals surface area (Å²) in [7, 11) is 0. The molecule has 0 N–H and O–H groups in total. The summed E-state index contributed by atoms with van der Waals surface area (Å²) in [6.07, 6.45) is 1.47. The van der Waals surface area contributed by atoms with Crippen molar-refractivity contribution in [3.05, 3.63) is 89.7 Å². The third kappa shape index (κ3) is 3.96. The van der Waals surface area contributed by atoms with E-state index in [1.54, 1.807) is 18.2 Å². The van der Waals surface area contributed by atoms with Crippen molar-refractivity contribution in [3.8, 4) is 11.5 Å². The number of anilines is 1. The van der Waals surface area contributed by atoms with Crippen LogP contribution >= 0.6 is 0 Å². The number of benzene rings is 3. The fourth-order valence-electron chi connectivity index (χ4n) is 5.26. The number of ether oxygens (including phenoxy) is 2. The van der Waals surface area contributed by atoms with Crippen LogP contribution in [0.1, 0.15) is 28.2 Å². The van der Waals surface area contributed by atoms with E-state index in [0.717, 1.165) is 46.9 Å². The molecule has 3 aromatic carbocycles. The van der Waals surface area contributed by atoms with Crippen molar-refractivity contribution < 1.29 is 14.3 Å². The first-order valence-corrected chi connectivity index (χ1v) is 12.9. The Balaban J connectivity index is 1.21. The molecule has 1 fully saturated rings. The molecule has 7 rings (SSSR count). The van der Waals surface area contributed by atoms with E-state index in [2.05, 4.69) is 31.6 Å². The van der Waals surface area contributed by atoms with Crippen LogP contribution in [0, 0.1) is 0 Å². The second-order valence-electron chi connectivity index (χ2n) is 9.57. The van der Waals surface area contributed by atoms with Gasteiger partial charge in [-0.3, -0.25) is 4.79 Å². The topological polar surface area (TPSA) is 85.1 Å². The first kappa shape index (κ1) is 22.5. The summed E-state index contributed by atoms with van der Waals surface area (Å²) in [5.74, 6) is 2.95. The minimum atomic E-state index is -0.00386. The molecular formula is C29H26N6O3. The molecule has 1 amide bonds. The Kier molecular flexibility index (Phi) is 5.53. The van der Waals surface area contributed by atoms with Crippen LogP contribution in [0.15, 0.2) is 72.8 Å². The fraction of sp³-hybridized carbons (Fsp3) is 0.241. The maximum absolute atomic E-state index is 13.4. The van der Waals surface area contributed by atoms with Gasteiger partial charge in [0.25, 0.3) is 5.91 Å². The van der Waals surface area contributed by atoms with Gasteiger partial charge in [-0.1, -0.05) is 42.5 Å². The van der Waals surface area contributed by atoms with Gasteiger partial charge in [-0.25, -0.2) is 9.38 Å².